The van der Waals surface area contributed by atoms with Gasteiger partial charge in [-0.05, 0) is 19.3 Å². The molecule has 6 nitrogen and oxygen atoms in total. The van der Waals surface area contributed by atoms with Gasteiger partial charge in [-0.1, -0.05) is 19.3 Å². The highest BCUT2D eigenvalue weighted by atomic mass is 16.3. The highest BCUT2D eigenvalue weighted by Crippen LogP contribution is 2.31. The van der Waals surface area contributed by atoms with Crippen LogP contribution in [0, 0.1) is 0 Å². The minimum Gasteiger partial charge on any atom is -0.389 e. The average molecular weight is 306 g/mol. The number of carbonyl (C=O) groups is 1. The van der Waals surface area contributed by atoms with Gasteiger partial charge in [0.1, 0.15) is 0 Å². The van der Waals surface area contributed by atoms with Gasteiger partial charge in [-0.25, -0.2) is 0 Å². The Morgan fingerprint density at radius 1 is 1.45 bits per heavy atom. The summed E-state index contributed by atoms with van der Waals surface area (Å²) in [6.45, 7) is 4.19. The van der Waals surface area contributed by atoms with Crippen molar-refractivity contribution in [3.05, 3.63) is 12.3 Å². The van der Waals surface area contributed by atoms with Crippen LogP contribution < -0.4 is 5.32 Å². The van der Waals surface area contributed by atoms with Gasteiger partial charge in [0.2, 0.25) is 5.91 Å². The fraction of sp³-hybridized carbons (Fsp3) is 0.750. The van der Waals surface area contributed by atoms with E-state index in [1.54, 1.807) is 0 Å². The molecule has 1 atom stereocenters. The molecule has 0 aromatic carbocycles. The summed E-state index contributed by atoms with van der Waals surface area (Å²) in [5, 5.41) is 17.8. The maximum Gasteiger partial charge on any atom is 0.222 e. The van der Waals surface area contributed by atoms with E-state index >= 15 is 0 Å². The van der Waals surface area contributed by atoms with Crippen LogP contribution in [0.4, 0.5) is 5.82 Å². The molecule has 0 radical (unpaired) electrons. The topological polar surface area (TPSA) is 70.4 Å². The van der Waals surface area contributed by atoms with Gasteiger partial charge in [0, 0.05) is 38.8 Å². The second-order valence-electron chi connectivity index (χ2n) is 6.82. The van der Waals surface area contributed by atoms with Crippen molar-refractivity contribution >= 4 is 11.7 Å². The SMILES string of the molecule is CC(=O)Nc1ccn([C@@H]2CCN(CC3(O)CCCCC3)C2)n1. The zero-order chi connectivity index (χ0) is 15.6. The summed E-state index contributed by atoms with van der Waals surface area (Å²) in [5.41, 5.74) is -0.487. The molecule has 1 aromatic rings. The molecule has 1 saturated carbocycles. The number of nitrogens with one attached hydrogen (secondary N) is 1. The van der Waals surface area contributed by atoms with Crippen LogP contribution in [-0.2, 0) is 4.79 Å². The van der Waals surface area contributed by atoms with Crippen LogP contribution in [0.25, 0.3) is 0 Å². The number of aromatic nitrogens is 2. The van der Waals surface area contributed by atoms with Crippen LogP contribution in [-0.4, -0.2) is 50.9 Å². The molecule has 3 rings (SSSR count). The Bertz CT molecular complexity index is 522. The zero-order valence-corrected chi connectivity index (χ0v) is 13.3. The van der Waals surface area contributed by atoms with Crippen molar-refractivity contribution in [2.45, 2.75) is 57.1 Å². The maximum atomic E-state index is 11.1. The lowest BCUT2D eigenvalue weighted by Gasteiger charge is -2.35. The first-order valence-corrected chi connectivity index (χ1v) is 8.32. The third-order valence-corrected chi connectivity index (χ3v) is 4.84. The molecule has 6 heteroatoms. The molecule has 2 heterocycles. The van der Waals surface area contributed by atoms with Gasteiger partial charge in [0.05, 0.1) is 11.6 Å². The van der Waals surface area contributed by atoms with Crippen LogP contribution in [0.1, 0.15) is 51.5 Å². The summed E-state index contributed by atoms with van der Waals surface area (Å²) in [5.74, 6) is 0.509. The normalized spacial score (nSPS) is 25.3. The number of likely N-dealkylation sites (tertiary alicyclic amines) is 1. The lowest BCUT2D eigenvalue weighted by atomic mass is 9.84. The van der Waals surface area contributed by atoms with Crippen molar-refractivity contribution in [1.82, 2.24) is 14.7 Å². The van der Waals surface area contributed by atoms with Crippen LogP contribution >= 0.6 is 0 Å². The zero-order valence-electron chi connectivity index (χ0n) is 13.3. The van der Waals surface area contributed by atoms with Crippen LogP contribution in [0.3, 0.4) is 0 Å². The molecule has 122 valence electrons. The summed E-state index contributed by atoms with van der Waals surface area (Å²) >= 11 is 0. The number of nitrogens with zero attached hydrogens (tertiary/aromatic N) is 3. The Hall–Kier alpha value is -1.40. The first kappa shape index (κ1) is 15.5. The molecule has 1 aromatic heterocycles. The number of anilines is 1. The van der Waals surface area contributed by atoms with Crippen LogP contribution in [0.15, 0.2) is 12.3 Å². The lowest BCUT2D eigenvalue weighted by Crippen LogP contribution is -2.43. The second kappa shape index (κ2) is 6.38. The Labute approximate surface area is 131 Å². The first-order chi connectivity index (χ1) is 10.5. The molecule has 1 aliphatic heterocycles. The summed E-state index contributed by atoms with van der Waals surface area (Å²) in [4.78, 5) is 13.4. The molecule has 1 aliphatic carbocycles. The van der Waals surface area contributed by atoms with E-state index in [0.717, 1.165) is 51.7 Å². The number of hydrogen-bond acceptors (Lipinski definition) is 4. The summed E-state index contributed by atoms with van der Waals surface area (Å²) in [6.07, 6.45) is 8.38. The number of amides is 1. The number of β-amino-alcohol motifs (C(OH)–C–C–N with tert-alkyl or cyclic N) is 1. The van der Waals surface area contributed by atoms with Gasteiger partial charge in [-0.2, -0.15) is 5.10 Å². The van der Waals surface area contributed by atoms with Crippen LogP contribution in [0.5, 0.6) is 0 Å². The lowest BCUT2D eigenvalue weighted by molar-refractivity contribution is -0.114. The first-order valence-electron chi connectivity index (χ1n) is 8.32. The highest BCUT2D eigenvalue weighted by molar-refractivity contribution is 5.87. The Morgan fingerprint density at radius 2 is 2.23 bits per heavy atom. The Morgan fingerprint density at radius 3 is 2.95 bits per heavy atom. The number of hydrogen-bond donors (Lipinski definition) is 2. The molecule has 2 fully saturated rings. The molecule has 22 heavy (non-hydrogen) atoms. The molecular formula is C16H26N4O2. The molecule has 1 amide bonds. The summed E-state index contributed by atoms with van der Waals surface area (Å²) < 4.78 is 1.94. The predicted octanol–water partition coefficient (Wildman–Crippen LogP) is 1.78. The molecule has 0 unspecified atom stereocenters. The van der Waals surface area contributed by atoms with Crippen molar-refractivity contribution < 1.29 is 9.90 Å². The van der Waals surface area contributed by atoms with Crippen molar-refractivity contribution in [3.8, 4) is 0 Å². The third kappa shape index (κ3) is 3.67. The average Bonchev–Trinajstić information content (AvgIpc) is 3.07. The van der Waals surface area contributed by atoms with Gasteiger partial charge >= 0.3 is 0 Å². The van der Waals surface area contributed by atoms with E-state index in [2.05, 4.69) is 15.3 Å². The third-order valence-electron chi connectivity index (χ3n) is 4.84. The van der Waals surface area contributed by atoms with E-state index < -0.39 is 5.60 Å². The predicted molar refractivity (Wildman–Crippen MR) is 84.7 cm³/mol. The number of aliphatic hydroxyl groups is 1. The monoisotopic (exact) mass is 306 g/mol. The summed E-state index contributed by atoms with van der Waals surface area (Å²) in [6, 6.07) is 2.16. The van der Waals surface area contributed by atoms with Gasteiger partial charge in [-0.15, -0.1) is 0 Å². The van der Waals surface area contributed by atoms with E-state index in [-0.39, 0.29) is 5.91 Å². The Balaban J connectivity index is 1.55. The second-order valence-corrected chi connectivity index (χ2v) is 6.82. The smallest absolute Gasteiger partial charge is 0.222 e. The molecule has 0 bridgehead atoms. The molecule has 2 N–H and O–H groups in total. The van der Waals surface area contributed by atoms with Crippen molar-refractivity contribution in [3.63, 3.8) is 0 Å². The van der Waals surface area contributed by atoms with E-state index in [1.807, 2.05) is 16.9 Å². The van der Waals surface area contributed by atoms with Crippen LogP contribution in [0.2, 0.25) is 0 Å². The standard InChI is InChI=1S/C16H26N4O2/c1-13(21)17-15-6-10-20(18-15)14-5-9-19(11-14)12-16(22)7-3-2-4-8-16/h6,10,14,22H,2-5,7-9,11-12H2,1H3,(H,17,18,21)/t14-/m1/s1. The highest BCUT2D eigenvalue weighted by Gasteiger charge is 2.34. The summed E-state index contributed by atoms with van der Waals surface area (Å²) in [7, 11) is 0. The van der Waals surface area contributed by atoms with Gasteiger partial charge < -0.3 is 10.4 Å². The van der Waals surface area contributed by atoms with E-state index in [0.29, 0.717) is 11.9 Å². The Kier molecular flexibility index (Phi) is 4.49. The van der Waals surface area contributed by atoms with E-state index in [9.17, 15) is 9.90 Å². The van der Waals surface area contributed by atoms with Gasteiger partial charge in [0.15, 0.2) is 5.82 Å². The largest absolute Gasteiger partial charge is 0.389 e. The molecule has 0 spiro atoms. The van der Waals surface area contributed by atoms with Crippen molar-refractivity contribution in [2.75, 3.05) is 25.0 Å². The fourth-order valence-corrected chi connectivity index (χ4v) is 3.74. The van der Waals surface area contributed by atoms with Gasteiger partial charge in [0.25, 0.3) is 0 Å². The fourth-order valence-electron chi connectivity index (χ4n) is 3.74. The van der Waals surface area contributed by atoms with E-state index in [1.165, 1.54) is 13.3 Å². The van der Waals surface area contributed by atoms with Crippen molar-refractivity contribution in [1.29, 1.82) is 0 Å². The number of rotatable bonds is 4. The quantitative estimate of drug-likeness (QED) is 0.889. The van der Waals surface area contributed by atoms with Crippen molar-refractivity contribution in [2.24, 2.45) is 0 Å². The minimum absolute atomic E-state index is 0.0992. The minimum atomic E-state index is -0.487. The maximum absolute atomic E-state index is 11.1. The van der Waals surface area contributed by atoms with Gasteiger partial charge in [-0.3, -0.25) is 14.4 Å². The molecule has 1 saturated heterocycles. The molecule has 2 aliphatic rings. The van der Waals surface area contributed by atoms with E-state index in [4.69, 9.17) is 0 Å². The number of carbonyl (C=O) groups excluding carboxylic acids is 1. The molecular weight excluding hydrogens is 280 g/mol.